The first-order valence-electron chi connectivity index (χ1n) is 5.55. The van der Waals surface area contributed by atoms with Gasteiger partial charge in [0.1, 0.15) is 5.69 Å². The third-order valence-corrected chi connectivity index (χ3v) is 2.59. The van der Waals surface area contributed by atoms with Gasteiger partial charge in [0.15, 0.2) is 5.82 Å². The summed E-state index contributed by atoms with van der Waals surface area (Å²) < 4.78 is 4.45. The number of carbonyl (C=O) groups is 1. The number of pyridine rings is 1. The largest absolute Gasteiger partial charge is 0.512 e. The Labute approximate surface area is 107 Å². The number of hydrogen-bond acceptors (Lipinski definition) is 4. The Hall–Kier alpha value is -2.89. The van der Waals surface area contributed by atoms with E-state index < -0.39 is 6.16 Å². The molecule has 1 aromatic carbocycles. The van der Waals surface area contributed by atoms with Crippen molar-refractivity contribution in [1.82, 2.24) is 15.0 Å². The molecule has 19 heavy (non-hydrogen) atoms. The Bertz CT molecular complexity index is 751. The minimum atomic E-state index is -1.40. The van der Waals surface area contributed by atoms with E-state index in [0.717, 1.165) is 10.9 Å². The molecule has 94 valence electrons. The highest BCUT2D eigenvalue weighted by Crippen LogP contribution is 2.20. The molecule has 0 saturated heterocycles. The Kier molecular flexibility index (Phi) is 2.60. The molecule has 0 bridgehead atoms. The van der Waals surface area contributed by atoms with Gasteiger partial charge >= 0.3 is 6.16 Å². The molecular formula is C13H9N3O3. The van der Waals surface area contributed by atoms with Crippen LogP contribution in [0.1, 0.15) is 0 Å². The van der Waals surface area contributed by atoms with Gasteiger partial charge in [-0.25, -0.2) is 9.78 Å². The average molecular weight is 255 g/mol. The minimum Gasteiger partial charge on any atom is -0.449 e. The summed E-state index contributed by atoms with van der Waals surface area (Å²) in [4.78, 5) is 21.7. The van der Waals surface area contributed by atoms with Gasteiger partial charge < -0.3 is 14.8 Å². The second-order valence-electron chi connectivity index (χ2n) is 3.84. The minimum absolute atomic E-state index is 0.00235. The van der Waals surface area contributed by atoms with Gasteiger partial charge in [-0.05, 0) is 12.1 Å². The predicted molar refractivity (Wildman–Crippen MR) is 68.0 cm³/mol. The summed E-state index contributed by atoms with van der Waals surface area (Å²) in [6, 6.07) is 11.4. The van der Waals surface area contributed by atoms with Crippen molar-refractivity contribution in [2.24, 2.45) is 0 Å². The first-order valence-corrected chi connectivity index (χ1v) is 5.55. The molecule has 2 heterocycles. The molecule has 3 rings (SSSR count). The molecule has 0 radical (unpaired) electrons. The van der Waals surface area contributed by atoms with Gasteiger partial charge in [0.25, 0.3) is 0 Å². The highest BCUT2D eigenvalue weighted by molar-refractivity contribution is 5.80. The maximum absolute atomic E-state index is 10.4. The molecule has 0 atom stereocenters. The number of nitrogens with one attached hydrogen (secondary N) is 1. The van der Waals surface area contributed by atoms with Crippen LogP contribution in [0, 0.1) is 0 Å². The van der Waals surface area contributed by atoms with E-state index in [-0.39, 0.29) is 5.88 Å². The predicted octanol–water partition coefficient (Wildman–Crippen LogP) is 2.68. The van der Waals surface area contributed by atoms with Crippen molar-refractivity contribution in [1.29, 1.82) is 0 Å². The standard InChI is InChI=1S/C13H9N3O3/c17-13(18)19-11-7-14-12(16-11)10-6-5-8-3-1-2-4-9(8)15-10/h1-7H,(H,14,16)(H,17,18). The zero-order valence-corrected chi connectivity index (χ0v) is 9.70. The van der Waals surface area contributed by atoms with Gasteiger partial charge in [0.05, 0.1) is 11.7 Å². The Balaban J connectivity index is 1.99. The van der Waals surface area contributed by atoms with Crippen LogP contribution in [-0.4, -0.2) is 26.2 Å². The molecule has 3 aromatic rings. The first-order chi connectivity index (χ1) is 9.22. The maximum Gasteiger partial charge on any atom is 0.512 e. The molecule has 2 aromatic heterocycles. The van der Waals surface area contributed by atoms with E-state index in [9.17, 15) is 4.79 Å². The van der Waals surface area contributed by atoms with Crippen LogP contribution in [0.5, 0.6) is 5.88 Å². The lowest BCUT2D eigenvalue weighted by atomic mass is 10.2. The molecular weight excluding hydrogens is 246 g/mol. The zero-order chi connectivity index (χ0) is 13.2. The second-order valence-corrected chi connectivity index (χ2v) is 3.84. The fraction of sp³-hybridized carbons (Fsp3) is 0. The number of aromatic nitrogens is 3. The molecule has 0 aliphatic carbocycles. The number of imidazole rings is 1. The SMILES string of the molecule is O=C(O)Oc1c[nH]c(-c2ccc3ccccc3n2)n1. The fourth-order valence-electron chi connectivity index (χ4n) is 1.78. The number of rotatable bonds is 2. The Morgan fingerprint density at radius 2 is 2.00 bits per heavy atom. The number of benzene rings is 1. The normalized spacial score (nSPS) is 10.5. The van der Waals surface area contributed by atoms with E-state index >= 15 is 0 Å². The molecule has 2 N–H and O–H groups in total. The smallest absolute Gasteiger partial charge is 0.449 e. The van der Waals surface area contributed by atoms with Crippen molar-refractivity contribution in [3.63, 3.8) is 0 Å². The number of carboxylic acid groups (broad SMARTS) is 1. The van der Waals surface area contributed by atoms with Crippen LogP contribution in [0.25, 0.3) is 22.4 Å². The van der Waals surface area contributed by atoms with E-state index in [0.29, 0.717) is 11.5 Å². The lowest BCUT2D eigenvalue weighted by molar-refractivity contribution is 0.143. The van der Waals surface area contributed by atoms with Gasteiger partial charge in [-0.3, -0.25) is 0 Å². The molecule has 0 aliphatic rings. The van der Waals surface area contributed by atoms with Crippen LogP contribution < -0.4 is 4.74 Å². The summed E-state index contributed by atoms with van der Waals surface area (Å²) in [7, 11) is 0. The van der Waals surface area contributed by atoms with Gasteiger partial charge in [-0.15, -0.1) is 0 Å². The number of ether oxygens (including phenoxy) is 1. The van der Waals surface area contributed by atoms with Crippen LogP contribution in [-0.2, 0) is 0 Å². The van der Waals surface area contributed by atoms with Crippen molar-refractivity contribution < 1.29 is 14.6 Å². The lowest BCUT2D eigenvalue weighted by Crippen LogP contribution is -2.02. The van der Waals surface area contributed by atoms with Gasteiger partial charge in [-0.1, -0.05) is 24.3 Å². The molecule has 0 amide bonds. The van der Waals surface area contributed by atoms with Gasteiger partial charge in [0, 0.05) is 5.39 Å². The highest BCUT2D eigenvalue weighted by Gasteiger charge is 2.09. The number of H-pyrrole nitrogens is 1. The van der Waals surface area contributed by atoms with Crippen LogP contribution >= 0.6 is 0 Å². The van der Waals surface area contributed by atoms with E-state index in [1.165, 1.54) is 6.20 Å². The molecule has 0 saturated carbocycles. The monoisotopic (exact) mass is 255 g/mol. The summed E-state index contributed by atoms with van der Waals surface area (Å²) in [5.74, 6) is 0.458. The fourth-order valence-corrected chi connectivity index (χ4v) is 1.78. The Morgan fingerprint density at radius 1 is 1.16 bits per heavy atom. The van der Waals surface area contributed by atoms with Crippen molar-refractivity contribution >= 4 is 17.1 Å². The number of para-hydroxylation sites is 1. The summed E-state index contributed by atoms with van der Waals surface area (Å²) in [6.45, 7) is 0. The number of hydrogen-bond donors (Lipinski definition) is 2. The highest BCUT2D eigenvalue weighted by atomic mass is 16.7. The van der Waals surface area contributed by atoms with Crippen molar-refractivity contribution in [2.45, 2.75) is 0 Å². The molecule has 0 aliphatic heterocycles. The quantitative estimate of drug-likeness (QED) is 0.687. The van der Waals surface area contributed by atoms with Crippen molar-refractivity contribution in [2.75, 3.05) is 0 Å². The molecule has 6 heteroatoms. The molecule has 0 spiro atoms. The van der Waals surface area contributed by atoms with Gasteiger partial charge in [0.2, 0.25) is 5.88 Å². The third-order valence-electron chi connectivity index (χ3n) is 2.59. The molecule has 0 fully saturated rings. The summed E-state index contributed by atoms with van der Waals surface area (Å²) in [6.07, 6.45) is -0.0233. The van der Waals surface area contributed by atoms with E-state index in [2.05, 4.69) is 19.7 Å². The van der Waals surface area contributed by atoms with Gasteiger partial charge in [-0.2, -0.15) is 4.98 Å². The van der Waals surface area contributed by atoms with Crippen LogP contribution in [0.2, 0.25) is 0 Å². The first kappa shape index (κ1) is 11.2. The third kappa shape index (κ3) is 2.23. The lowest BCUT2D eigenvalue weighted by Gasteiger charge is -1.99. The number of fused-ring (bicyclic) bond motifs is 1. The van der Waals surface area contributed by atoms with E-state index in [1.807, 2.05) is 36.4 Å². The van der Waals surface area contributed by atoms with Crippen molar-refractivity contribution in [3.05, 3.63) is 42.6 Å². The second kappa shape index (κ2) is 4.41. The zero-order valence-electron chi connectivity index (χ0n) is 9.70. The summed E-state index contributed by atoms with van der Waals surface area (Å²) in [5.41, 5.74) is 1.47. The molecule has 0 unspecified atom stereocenters. The van der Waals surface area contributed by atoms with Crippen LogP contribution in [0.3, 0.4) is 0 Å². The average Bonchev–Trinajstić information content (AvgIpc) is 2.86. The molecule has 6 nitrogen and oxygen atoms in total. The number of aromatic amines is 1. The van der Waals surface area contributed by atoms with Crippen LogP contribution in [0.15, 0.2) is 42.6 Å². The topological polar surface area (TPSA) is 88.1 Å². The maximum atomic E-state index is 10.4. The van der Waals surface area contributed by atoms with Crippen LogP contribution in [0.4, 0.5) is 4.79 Å². The van der Waals surface area contributed by atoms with E-state index in [4.69, 9.17) is 5.11 Å². The number of nitrogens with zero attached hydrogens (tertiary/aromatic N) is 2. The summed E-state index contributed by atoms with van der Waals surface area (Å²) in [5, 5.41) is 9.52. The van der Waals surface area contributed by atoms with Crippen molar-refractivity contribution in [3.8, 4) is 17.4 Å². The Morgan fingerprint density at radius 3 is 2.84 bits per heavy atom. The summed E-state index contributed by atoms with van der Waals surface area (Å²) >= 11 is 0. The van der Waals surface area contributed by atoms with E-state index in [1.54, 1.807) is 0 Å².